The molecule has 0 fully saturated rings. The molecular formula is C21H25N3O7S. The van der Waals surface area contributed by atoms with E-state index in [-0.39, 0.29) is 41.8 Å². The van der Waals surface area contributed by atoms with Crippen molar-refractivity contribution in [3.05, 3.63) is 45.8 Å². The second-order valence-electron chi connectivity index (χ2n) is 6.45. The Labute approximate surface area is 189 Å². The molecular weight excluding hydrogens is 438 g/mol. The summed E-state index contributed by atoms with van der Waals surface area (Å²) in [5.74, 6) is -2.29. The number of primary amides is 1. The molecule has 172 valence electrons. The van der Waals surface area contributed by atoms with Crippen LogP contribution in [0.2, 0.25) is 0 Å². The van der Waals surface area contributed by atoms with Crippen molar-refractivity contribution in [1.29, 1.82) is 0 Å². The van der Waals surface area contributed by atoms with E-state index in [0.29, 0.717) is 16.8 Å². The Morgan fingerprint density at radius 1 is 1.03 bits per heavy atom. The van der Waals surface area contributed by atoms with Gasteiger partial charge >= 0.3 is 11.9 Å². The zero-order valence-electron chi connectivity index (χ0n) is 18.0. The molecule has 2 amide bonds. The molecule has 0 aliphatic heterocycles. The van der Waals surface area contributed by atoms with Gasteiger partial charge in [0.25, 0.3) is 5.91 Å². The third-order valence-corrected chi connectivity index (χ3v) is 5.42. The summed E-state index contributed by atoms with van der Waals surface area (Å²) >= 11 is 0.904. The van der Waals surface area contributed by atoms with Crippen LogP contribution >= 0.6 is 11.3 Å². The van der Waals surface area contributed by atoms with E-state index >= 15 is 0 Å². The normalized spacial score (nSPS) is 10.3. The summed E-state index contributed by atoms with van der Waals surface area (Å²) in [4.78, 5) is 48.4. The summed E-state index contributed by atoms with van der Waals surface area (Å²) in [6.07, 6.45) is 0. The van der Waals surface area contributed by atoms with Gasteiger partial charge in [-0.05, 0) is 43.7 Å². The largest absolute Gasteiger partial charge is 0.462 e. The first-order chi connectivity index (χ1) is 15.3. The summed E-state index contributed by atoms with van der Waals surface area (Å²) in [6.45, 7) is 3.66. The molecule has 0 unspecified atom stereocenters. The quantitative estimate of drug-likeness (QED) is 0.339. The van der Waals surface area contributed by atoms with Crippen LogP contribution in [0.4, 0.5) is 10.7 Å². The van der Waals surface area contributed by atoms with Gasteiger partial charge in [0.1, 0.15) is 11.6 Å². The van der Waals surface area contributed by atoms with Crippen molar-refractivity contribution in [3.63, 3.8) is 0 Å². The number of nitrogens with one attached hydrogen (secondary N) is 2. The van der Waals surface area contributed by atoms with E-state index in [1.54, 1.807) is 38.1 Å². The van der Waals surface area contributed by atoms with E-state index in [0.717, 1.165) is 11.3 Å². The van der Waals surface area contributed by atoms with E-state index in [4.69, 9.17) is 19.9 Å². The van der Waals surface area contributed by atoms with Crippen LogP contribution in [-0.2, 0) is 19.0 Å². The van der Waals surface area contributed by atoms with Gasteiger partial charge in [0, 0.05) is 12.8 Å². The molecule has 0 atom stereocenters. The molecule has 1 heterocycles. The lowest BCUT2D eigenvalue weighted by molar-refractivity contribution is -0.114. The van der Waals surface area contributed by atoms with E-state index in [2.05, 4.69) is 10.6 Å². The van der Waals surface area contributed by atoms with Crippen molar-refractivity contribution in [2.75, 3.05) is 44.1 Å². The number of carbonyl (C=O) groups excluding carboxylic acids is 4. The standard InChI is InChI=1S/C21H25N3O7S/c1-4-30-20(27)13-5-7-14(8-6-13)23-11-15(25)24-19-16(21(28)31-10-9-29-3)12(2)17(32-19)18(22)26/h5-8,23H,4,9-11H2,1-3H3,(H2,22,26)(H,24,25). The highest BCUT2D eigenvalue weighted by atomic mass is 32.1. The SMILES string of the molecule is CCOC(=O)c1ccc(NCC(=O)Nc2sc(C(N)=O)c(C)c2C(=O)OCCOC)cc1. The van der Waals surface area contributed by atoms with E-state index in [1.165, 1.54) is 7.11 Å². The predicted molar refractivity (Wildman–Crippen MR) is 119 cm³/mol. The van der Waals surface area contributed by atoms with Crippen molar-refractivity contribution in [2.24, 2.45) is 5.73 Å². The zero-order chi connectivity index (χ0) is 23.7. The number of hydrogen-bond donors (Lipinski definition) is 3. The third-order valence-electron chi connectivity index (χ3n) is 4.20. The minimum atomic E-state index is -0.709. The number of carbonyl (C=O) groups is 4. The van der Waals surface area contributed by atoms with Crippen LogP contribution in [0.5, 0.6) is 0 Å². The second kappa shape index (κ2) is 11.8. The number of nitrogens with two attached hydrogens (primary N) is 1. The van der Waals surface area contributed by atoms with Gasteiger partial charge in [-0.25, -0.2) is 9.59 Å². The van der Waals surface area contributed by atoms with Crippen LogP contribution in [0.1, 0.15) is 42.9 Å². The highest BCUT2D eigenvalue weighted by molar-refractivity contribution is 7.18. The van der Waals surface area contributed by atoms with Gasteiger partial charge in [-0.15, -0.1) is 11.3 Å². The Bertz CT molecular complexity index is 986. The van der Waals surface area contributed by atoms with Crippen LogP contribution in [-0.4, -0.2) is 57.2 Å². The van der Waals surface area contributed by atoms with Gasteiger partial charge in [-0.3, -0.25) is 9.59 Å². The lowest BCUT2D eigenvalue weighted by atomic mass is 10.1. The number of thiophene rings is 1. The first kappa shape index (κ1) is 24.8. The summed E-state index contributed by atoms with van der Waals surface area (Å²) in [7, 11) is 1.47. The number of benzene rings is 1. The predicted octanol–water partition coefficient (Wildman–Crippen LogP) is 2.19. The summed E-state index contributed by atoms with van der Waals surface area (Å²) in [6, 6.07) is 6.43. The molecule has 11 heteroatoms. The molecule has 0 spiro atoms. The number of methoxy groups -OCH3 is 1. The lowest BCUT2D eigenvalue weighted by Crippen LogP contribution is -2.22. The molecule has 4 N–H and O–H groups in total. The van der Waals surface area contributed by atoms with Crippen molar-refractivity contribution in [3.8, 4) is 0 Å². The summed E-state index contributed by atoms with van der Waals surface area (Å²) in [5, 5.41) is 5.70. The number of rotatable bonds is 11. The Kier molecular flexibility index (Phi) is 9.17. The first-order valence-corrected chi connectivity index (χ1v) is 10.5. The van der Waals surface area contributed by atoms with E-state index in [1.807, 2.05) is 0 Å². The van der Waals surface area contributed by atoms with Gasteiger partial charge in [-0.1, -0.05) is 0 Å². The molecule has 10 nitrogen and oxygen atoms in total. The Morgan fingerprint density at radius 2 is 1.72 bits per heavy atom. The molecule has 2 rings (SSSR count). The van der Waals surface area contributed by atoms with Gasteiger partial charge in [-0.2, -0.15) is 0 Å². The van der Waals surface area contributed by atoms with Crippen molar-refractivity contribution in [1.82, 2.24) is 0 Å². The number of amides is 2. The van der Waals surface area contributed by atoms with Crippen LogP contribution < -0.4 is 16.4 Å². The van der Waals surface area contributed by atoms with Crippen LogP contribution in [0.25, 0.3) is 0 Å². The maximum absolute atomic E-state index is 12.5. The monoisotopic (exact) mass is 463 g/mol. The maximum Gasteiger partial charge on any atom is 0.341 e. The number of hydrogen-bond acceptors (Lipinski definition) is 9. The molecule has 1 aromatic carbocycles. The summed E-state index contributed by atoms with van der Waals surface area (Å²) in [5.41, 5.74) is 6.79. The molecule has 0 saturated carbocycles. The molecule has 0 saturated heterocycles. The average molecular weight is 464 g/mol. The highest BCUT2D eigenvalue weighted by Gasteiger charge is 2.25. The van der Waals surface area contributed by atoms with Crippen LogP contribution in [0, 0.1) is 6.92 Å². The first-order valence-electron chi connectivity index (χ1n) is 9.68. The number of ether oxygens (including phenoxy) is 3. The van der Waals surface area contributed by atoms with Gasteiger partial charge in [0.2, 0.25) is 5.91 Å². The molecule has 32 heavy (non-hydrogen) atoms. The Hall–Kier alpha value is -3.44. The molecule has 0 aliphatic carbocycles. The number of esters is 2. The Balaban J connectivity index is 2.07. The lowest BCUT2D eigenvalue weighted by Gasteiger charge is -2.10. The fourth-order valence-corrected chi connectivity index (χ4v) is 3.73. The van der Waals surface area contributed by atoms with Crippen LogP contribution in [0.3, 0.4) is 0 Å². The van der Waals surface area contributed by atoms with E-state index < -0.39 is 23.8 Å². The zero-order valence-corrected chi connectivity index (χ0v) is 18.8. The minimum Gasteiger partial charge on any atom is -0.462 e. The number of anilines is 2. The third kappa shape index (κ3) is 6.53. The smallest absolute Gasteiger partial charge is 0.341 e. The highest BCUT2D eigenvalue weighted by Crippen LogP contribution is 2.33. The molecule has 1 aromatic heterocycles. The summed E-state index contributed by atoms with van der Waals surface area (Å²) < 4.78 is 14.9. The topological polar surface area (TPSA) is 146 Å². The maximum atomic E-state index is 12.5. The van der Waals surface area contributed by atoms with Crippen molar-refractivity contribution >= 4 is 45.8 Å². The van der Waals surface area contributed by atoms with Crippen molar-refractivity contribution < 1.29 is 33.4 Å². The Morgan fingerprint density at radius 3 is 2.31 bits per heavy atom. The molecule has 0 radical (unpaired) electrons. The fraction of sp³-hybridized carbons (Fsp3) is 0.333. The van der Waals surface area contributed by atoms with Gasteiger partial charge in [0.15, 0.2) is 0 Å². The fourth-order valence-electron chi connectivity index (χ4n) is 2.66. The molecule has 0 bridgehead atoms. The molecule has 2 aromatic rings. The average Bonchev–Trinajstić information content (AvgIpc) is 3.09. The van der Waals surface area contributed by atoms with Gasteiger partial charge in [0.05, 0.1) is 35.8 Å². The van der Waals surface area contributed by atoms with E-state index in [9.17, 15) is 19.2 Å². The minimum absolute atomic E-state index is 0.0211. The van der Waals surface area contributed by atoms with Crippen LogP contribution in [0.15, 0.2) is 24.3 Å². The van der Waals surface area contributed by atoms with Gasteiger partial charge < -0.3 is 30.6 Å². The molecule has 0 aliphatic rings. The second-order valence-corrected chi connectivity index (χ2v) is 7.47. The van der Waals surface area contributed by atoms with Crippen molar-refractivity contribution in [2.45, 2.75) is 13.8 Å².